The Morgan fingerprint density at radius 1 is 1.37 bits per heavy atom. The standard InChI is InChI=1S/C13H17N3O3/c1-9(17)10-6-11(15(2)7-10)13(19)16-5-3-4-14-12(18)8-16/h6-7H,3-5,8H2,1-2H3,(H,14,18). The molecule has 1 saturated heterocycles. The van der Waals surface area contributed by atoms with E-state index < -0.39 is 0 Å². The second-order valence-corrected chi connectivity index (χ2v) is 4.71. The quantitative estimate of drug-likeness (QED) is 0.774. The van der Waals surface area contributed by atoms with E-state index in [1.165, 1.54) is 11.8 Å². The molecule has 6 heteroatoms. The number of aromatic nitrogens is 1. The Morgan fingerprint density at radius 2 is 2.11 bits per heavy atom. The van der Waals surface area contributed by atoms with Crippen molar-refractivity contribution < 1.29 is 14.4 Å². The molecule has 0 unspecified atom stereocenters. The van der Waals surface area contributed by atoms with Crippen molar-refractivity contribution in [2.45, 2.75) is 13.3 Å². The lowest BCUT2D eigenvalue weighted by Crippen LogP contribution is -2.38. The third-order valence-electron chi connectivity index (χ3n) is 3.18. The Kier molecular flexibility index (Phi) is 3.69. The SMILES string of the molecule is CC(=O)c1cc(C(=O)N2CCCNC(=O)C2)n(C)c1. The lowest BCUT2D eigenvalue weighted by molar-refractivity contribution is -0.121. The summed E-state index contributed by atoms with van der Waals surface area (Å²) in [7, 11) is 1.72. The van der Waals surface area contributed by atoms with Crippen molar-refractivity contribution in [2.75, 3.05) is 19.6 Å². The first-order chi connectivity index (χ1) is 8.99. The van der Waals surface area contributed by atoms with Gasteiger partial charge in [0.2, 0.25) is 5.91 Å². The van der Waals surface area contributed by atoms with Gasteiger partial charge in [0.25, 0.3) is 5.91 Å². The van der Waals surface area contributed by atoms with E-state index in [1.54, 1.807) is 23.9 Å². The summed E-state index contributed by atoms with van der Waals surface area (Å²) in [5, 5.41) is 2.73. The third-order valence-corrected chi connectivity index (χ3v) is 3.18. The molecular formula is C13H17N3O3. The zero-order valence-electron chi connectivity index (χ0n) is 11.1. The molecule has 0 aliphatic carbocycles. The molecule has 1 aromatic heterocycles. The first kappa shape index (κ1) is 13.3. The van der Waals surface area contributed by atoms with E-state index >= 15 is 0 Å². The van der Waals surface area contributed by atoms with Crippen LogP contribution < -0.4 is 5.32 Å². The number of Topliss-reactive ketones (excluding diaryl/α,β-unsaturated/α-hetero) is 1. The van der Waals surface area contributed by atoms with Gasteiger partial charge in [0.1, 0.15) is 5.69 Å². The summed E-state index contributed by atoms with van der Waals surface area (Å²) < 4.78 is 1.63. The van der Waals surface area contributed by atoms with E-state index in [2.05, 4.69) is 5.32 Å². The predicted octanol–water partition coefficient (Wildman–Crippen LogP) is 0.190. The summed E-state index contributed by atoms with van der Waals surface area (Å²) in [4.78, 5) is 36.7. The molecule has 102 valence electrons. The first-order valence-corrected chi connectivity index (χ1v) is 6.22. The Labute approximate surface area is 111 Å². The molecule has 1 fully saturated rings. The normalized spacial score (nSPS) is 15.9. The fourth-order valence-corrected chi connectivity index (χ4v) is 2.11. The van der Waals surface area contributed by atoms with Gasteiger partial charge in [-0.1, -0.05) is 0 Å². The minimum Gasteiger partial charge on any atom is -0.354 e. The van der Waals surface area contributed by atoms with Crippen LogP contribution in [0.1, 0.15) is 34.2 Å². The molecule has 1 aromatic rings. The van der Waals surface area contributed by atoms with Gasteiger partial charge in [0, 0.05) is 31.9 Å². The molecule has 2 amide bonds. The molecule has 0 aromatic carbocycles. The van der Waals surface area contributed by atoms with Gasteiger partial charge in [-0.05, 0) is 19.4 Å². The predicted molar refractivity (Wildman–Crippen MR) is 68.9 cm³/mol. The van der Waals surface area contributed by atoms with Crippen LogP contribution in [0.3, 0.4) is 0 Å². The fourth-order valence-electron chi connectivity index (χ4n) is 2.11. The monoisotopic (exact) mass is 263 g/mol. The van der Waals surface area contributed by atoms with Crippen LogP contribution in [0.15, 0.2) is 12.3 Å². The van der Waals surface area contributed by atoms with Crippen molar-refractivity contribution >= 4 is 17.6 Å². The highest BCUT2D eigenvalue weighted by Gasteiger charge is 2.23. The number of carbonyl (C=O) groups excluding carboxylic acids is 3. The van der Waals surface area contributed by atoms with Crippen LogP contribution in [0.2, 0.25) is 0 Å². The van der Waals surface area contributed by atoms with Gasteiger partial charge in [0.15, 0.2) is 5.78 Å². The van der Waals surface area contributed by atoms with Crippen LogP contribution in [0.25, 0.3) is 0 Å². The van der Waals surface area contributed by atoms with E-state index in [-0.39, 0.29) is 24.1 Å². The zero-order chi connectivity index (χ0) is 14.0. The Hall–Kier alpha value is -2.11. The summed E-state index contributed by atoms with van der Waals surface area (Å²) >= 11 is 0. The fraction of sp³-hybridized carbons (Fsp3) is 0.462. The number of aryl methyl sites for hydroxylation is 1. The van der Waals surface area contributed by atoms with Crippen LogP contribution >= 0.6 is 0 Å². The lowest BCUT2D eigenvalue weighted by Gasteiger charge is -2.19. The van der Waals surface area contributed by atoms with Crippen molar-refractivity contribution in [1.29, 1.82) is 0 Å². The van der Waals surface area contributed by atoms with Crippen molar-refractivity contribution in [1.82, 2.24) is 14.8 Å². The van der Waals surface area contributed by atoms with Gasteiger partial charge < -0.3 is 14.8 Å². The third kappa shape index (κ3) is 2.83. The minimum atomic E-state index is -0.216. The zero-order valence-corrected chi connectivity index (χ0v) is 11.1. The summed E-state index contributed by atoms with van der Waals surface area (Å²) in [6.45, 7) is 2.66. The van der Waals surface area contributed by atoms with Gasteiger partial charge in [-0.15, -0.1) is 0 Å². The van der Waals surface area contributed by atoms with Crippen molar-refractivity contribution in [3.05, 3.63) is 23.5 Å². The molecule has 0 atom stereocenters. The Bertz CT molecular complexity index is 533. The largest absolute Gasteiger partial charge is 0.354 e. The molecule has 0 saturated carbocycles. The van der Waals surface area contributed by atoms with Crippen LogP contribution in [-0.2, 0) is 11.8 Å². The molecule has 2 heterocycles. The highest BCUT2D eigenvalue weighted by Crippen LogP contribution is 2.12. The van der Waals surface area contributed by atoms with Gasteiger partial charge in [-0.2, -0.15) is 0 Å². The van der Waals surface area contributed by atoms with Crippen LogP contribution in [-0.4, -0.2) is 46.7 Å². The highest BCUT2D eigenvalue weighted by atomic mass is 16.2. The Morgan fingerprint density at radius 3 is 2.74 bits per heavy atom. The van der Waals surface area contributed by atoms with E-state index in [0.29, 0.717) is 24.3 Å². The van der Waals surface area contributed by atoms with E-state index in [4.69, 9.17) is 0 Å². The summed E-state index contributed by atoms with van der Waals surface area (Å²) in [6, 6.07) is 1.58. The van der Waals surface area contributed by atoms with Crippen LogP contribution in [0.4, 0.5) is 0 Å². The number of hydrogen-bond donors (Lipinski definition) is 1. The number of nitrogens with one attached hydrogen (secondary N) is 1. The average molecular weight is 263 g/mol. The first-order valence-electron chi connectivity index (χ1n) is 6.22. The number of amides is 2. The van der Waals surface area contributed by atoms with Gasteiger partial charge >= 0.3 is 0 Å². The maximum absolute atomic E-state index is 12.4. The molecule has 0 spiro atoms. The molecule has 0 radical (unpaired) electrons. The maximum atomic E-state index is 12.4. The second-order valence-electron chi connectivity index (χ2n) is 4.71. The van der Waals surface area contributed by atoms with Gasteiger partial charge in [-0.3, -0.25) is 14.4 Å². The van der Waals surface area contributed by atoms with Crippen molar-refractivity contribution in [3.8, 4) is 0 Å². The second kappa shape index (κ2) is 5.26. The Balaban J connectivity index is 2.23. The van der Waals surface area contributed by atoms with Gasteiger partial charge in [0.05, 0.1) is 6.54 Å². The van der Waals surface area contributed by atoms with Crippen molar-refractivity contribution in [3.63, 3.8) is 0 Å². The molecular weight excluding hydrogens is 246 g/mol. The summed E-state index contributed by atoms with van der Waals surface area (Å²) in [5.74, 6) is -0.442. The average Bonchev–Trinajstić information content (AvgIpc) is 2.60. The summed E-state index contributed by atoms with van der Waals surface area (Å²) in [5.41, 5.74) is 0.935. The molecule has 0 bridgehead atoms. The molecule has 19 heavy (non-hydrogen) atoms. The molecule has 1 aliphatic rings. The van der Waals surface area contributed by atoms with E-state index in [0.717, 1.165) is 6.42 Å². The highest BCUT2D eigenvalue weighted by molar-refractivity contribution is 6.00. The van der Waals surface area contributed by atoms with Crippen LogP contribution in [0.5, 0.6) is 0 Å². The molecule has 1 N–H and O–H groups in total. The number of carbonyl (C=O) groups is 3. The number of ketones is 1. The summed E-state index contributed by atoms with van der Waals surface area (Å²) in [6.07, 6.45) is 2.37. The van der Waals surface area contributed by atoms with E-state index in [9.17, 15) is 14.4 Å². The van der Waals surface area contributed by atoms with Gasteiger partial charge in [-0.25, -0.2) is 0 Å². The van der Waals surface area contributed by atoms with Crippen LogP contribution in [0, 0.1) is 0 Å². The van der Waals surface area contributed by atoms with E-state index in [1.807, 2.05) is 0 Å². The molecule has 6 nitrogen and oxygen atoms in total. The minimum absolute atomic E-state index is 0.0689. The smallest absolute Gasteiger partial charge is 0.270 e. The topological polar surface area (TPSA) is 71.4 Å². The molecule has 1 aliphatic heterocycles. The number of rotatable bonds is 2. The molecule has 2 rings (SSSR count). The lowest BCUT2D eigenvalue weighted by atomic mass is 10.2. The maximum Gasteiger partial charge on any atom is 0.270 e. The van der Waals surface area contributed by atoms with Crippen molar-refractivity contribution in [2.24, 2.45) is 7.05 Å². The number of hydrogen-bond acceptors (Lipinski definition) is 3. The number of nitrogens with zero attached hydrogens (tertiary/aromatic N) is 2.